The summed E-state index contributed by atoms with van der Waals surface area (Å²) in [6.45, 7) is 2.89. The molecule has 1 aliphatic rings. The van der Waals surface area contributed by atoms with Crippen molar-refractivity contribution in [3.8, 4) is 17.6 Å². The molecule has 0 heterocycles. The number of nitriles is 1. The second-order valence-corrected chi connectivity index (χ2v) is 6.42. The third-order valence-corrected chi connectivity index (χ3v) is 4.36. The number of nitrogens with zero attached hydrogens (tertiary/aromatic N) is 2. The van der Waals surface area contributed by atoms with Crippen LogP contribution in [0.4, 0.5) is 5.69 Å². The Labute approximate surface area is 161 Å². The van der Waals surface area contributed by atoms with E-state index in [0.717, 1.165) is 25.0 Å². The minimum atomic E-state index is -1.06. The minimum Gasteiger partial charge on any atom is -0.493 e. The Morgan fingerprint density at radius 2 is 2.07 bits per heavy atom. The van der Waals surface area contributed by atoms with Gasteiger partial charge in [0.25, 0.3) is 11.6 Å². The number of nitrogens with one attached hydrogen (secondary N) is 1. The highest BCUT2D eigenvalue weighted by Gasteiger charge is 2.43. The first-order valence-corrected chi connectivity index (χ1v) is 8.64. The second kappa shape index (κ2) is 8.56. The Morgan fingerprint density at radius 1 is 1.39 bits per heavy atom. The van der Waals surface area contributed by atoms with Crippen molar-refractivity contribution in [2.45, 2.75) is 32.2 Å². The Kier molecular flexibility index (Phi) is 6.41. The number of carbonyl (C=O) groups excluding carboxylic acids is 2. The highest BCUT2D eigenvalue weighted by molar-refractivity contribution is 5.96. The third-order valence-electron chi connectivity index (χ3n) is 4.36. The van der Waals surface area contributed by atoms with Gasteiger partial charge in [0.15, 0.2) is 18.1 Å². The van der Waals surface area contributed by atoms with Gasteiger partial charge in [-0.3, -0.25) is 14.9 Å². The summed E-state index contributed by atoms with van der Waals surface area (Å²) < 4.78 is 15.3. The minimum absolute atomic E-state index is 0.0635. The summed E-state index contributed by atoms with van der Waals surface area (Å²) in [4.78, 5) is 34.9. The van der Waals surface area contributed by atoms with Crippen LogP contribution < -0.4 is 14.8 Å². The molecular weight excluding hydrogens is 370 g/mol. The lowest BCUT2D eigenvalue weighted by Gasteiger charge is -2.22. The van der Waals surface area contributed by atoms with Gasteiger partial charge >= 0.3 is 5.97 Å². The second-order valence-electron chi connectivity index (χ2n) is 6.42. The fourth-order valence-electron chi connectivity index (χ4n) is 2.71. The molecule has 2 rings (SSSR count). The van der Waals surface area contributed by atoms with Crippen LogP contribution in [0.5, 0.6) is 11.5 Å². The van der Waals surface area contributed by atoms with Crippen molar-refractivity contribution in [1.29, 1.82) is 5.26 Å². The zero-order valence-electron chi connectivity index (χ0n) is 15.8. The number of esters is 1. The van der Waals surface area contributed by atoms with Gasteiger partial charge in [0.05, 0.1) is 30.8 Å². The van der Waals surface area contributed by atoms with Gasteiger partial charge < -0.3 is 19.5 Å². The van der Waals surface area contributed by atoms with Crippen molar-refractivity contribution in [2.75, 3.05) is 20.3 Å². The predicted molar refractivity (Wildman–Crippen MR) is 96.0 cm³/mol. The molecule has 150 valence electrons. The number of nitro groups is 1. The zero-order valence-corrected chi connectivity index (χ0v) is 15.8. The number of ether oxygens (including phenoxy) is 3. The van der Waals surface area contributed by atoms with Crippen molar-refractivity contribution in [3.63, 3.8) is 0 Å². The standard InChI is InChI=1S/C18H21N3O7/c1-4-27-15-7-12(13(21(24)25)8-14(15)26-3)17(23)28-9-16(22)20-18(2,10-19)11-5-6-11/h7-8,11H,4-6,9H2,1-3H3,(H,20,22)/t18-/m0/s1. The van der Waals surface area contributed by atoms with Gasteiger partial charge in [-0.2, -0.15) is 5.26 Å². The molecule has 1 saturated carbocycles. The third kappa shape index (κ3) is 4.68. The van der Waals surface area contributed by atoms with Crippen LogP contribution in [0.25, 0.3) is 0 Å². The molecule has 1 N–H and O–H groups in total. The number of hydrogen-bond donors (Lipinski definition) is 1. The van der Waals surface area contributed by atoms with Crippen LogP contribution in [-0.2, 0) is 9.53 Å². The van der Waals surface area contributed by atoms with E-state index < -0.39 is 34.6 Å². The monoisotopic (exact) mass is 391 g/mol. The molecule has 0 aliphatic heterocycles. The van der Waals surface area contributed by atoms with E-state index >= 15 is 0 Å². The SMILES string of the molecule is CCOc1cc(C(=O)OCC(=O)N[C@@](C)(C#N)C2CC2)c([N+](=O)[O-])cc1OC. The number of carbonyl (C=O) groups is 2. The van der Waals surface area contributed by atoms with Crippen LogP contribution in [0.15, 0.2) is 12.1 Å². The van der Waals surface area contributed by atoms with E-state index in [9.17, 15) is 25.0 Å². The highest BCUT2D eigenvalue weighted by atomic mass is 16.6. The van der Waals surface area contributed by atoms with Gasteiger partial charge in [0.1, 0.15) is 11.1 Å². The van der Waals surface area contributed by atoms with Gasteiger partial charge in [0.2, 0.25) is 0 Å². The van der Waals surface area contributed by atoms with Crippen molar-refractivity contribution in [1.82, 2.24) is 5.32 Å². The molecule has 1 amide bonds. The molecule has 10 heteroatoms. The first-order chi connectivity index (χ1) is 13.3. The van der Waals surface area contributed by atoms with Crippen LogP contribution in [0.1, 0.15) is 37.0 Å². The molecule has 10 nitrogen and oxygen atoms in total. The Hall–Kier alpha value is -3.35. The molecular formula is C18H21N3O7. The lowest BCUT2D eigenvalue weighted by atomic mass is 9.98. The van der Waals surface area contributed by atoms with Gasteiger partial charge in [-0.15, -0.1) is 0 Å². The van der Waals surface area contributed by atoms with Crippen molar-refractivity contribution < 1.29 is 28.7 Å². The number of rotatable bonds is 9. The highest BCUT2D eigenvalue weighted by Crippen LogP contribution is 2.39. The summed E-state index contributed by atoms with van der Waals surface area (Å²) >= 11 is 0. The summed E-state index contributed by atoms with van der Waals surface area (Å²) in [5, 5.41) is 23.1. The van der Waals surface area contributed by atoms with Crippen LogP contribution in [0, 0.1) is 27.4 Å². The molecule has 0 aromatic heterocycles. The molecule has 1 fully saturated rings. The van der Waals surface area contributed by atoms with Gasteiger partial charge in [0, 0.05) is 6.07 Å². The van der Waals surface area contributed by atoms with Gasteiger partial charge in [-0.1, -0.05) is 0 Å². The maximum absolute atomic E-state index is 12.3. The first kappa shape index (κ1) is 21.0. The molecule has 1 aromatic carbocycles. The smallest absolute Gasteiger partial charge is 0.345 e. The maximum Gasteiger partial charge on any atom is 0.345 e. The number of methoxy groups -OCH3 is 1. The average Bonchev–Trinajstić information content (AvgIpc) is 3.51. The normalized spacial score (nSPS) is 14.9. The fraction of sp³-hybridized carbons (Fsp3) is 0.500. The van der Waals surface area contributed by atoms with E-state index in [4.69, 9.17) is 14.2 Å². The molecule has 0 spiro atoms. The number of nitro benzene ring substituents is 1. The summed E-state index contributed by atoms with van der Waals surface area (Å²) in [6.07, 6.45) is 1.67. The molecule has 0 bridgehead atoms. The molecule has 28 heavy (non-hydrogen) atoms. The van der Waals surface area contributed by atoms with Gasteiger partial charge in [-0.05, 0) is 32.6 Å². The topological polar surface area (TPSA) is 141 Å². The quantitative estimate of drug-likeness (QED) is 0.383. The largest absolute Gasteiger partial charge is 0.493 e. The van der Waals surface area contributed by atoms with E-state index in [2.05, 4.69) is 11.4 Å². The summed E-state index contributed by atoms with van der Waals surface area (Å²) in [6, 6.07) is 4.26. The van der Waals surface area contributed by atoms with E-state index in [1.165, 1.54) is 7.11 Å². The summed E-state index contributed by atoms with van der Waals surface area (Å²) in [5.74, 6) is -1.43. The number of amides is 1. The lowest BCUT2D eigenvalue weighted by Crippen LogP contribution is -2.48. The van der Waals surface area contributed by atoms with Crippen LogP contribution >= 0.6 is 0 Å². The average molecular weight is 391 g/mol. The van der Waals surface area contributed by atoms with E-state index in [1.807, 2.05) is 0 Å². The van der Waals surface area contributed by atoms with E-state index in [0.29, 0.717) is 0 Å². The summed E-state index contributed by atoms with van der Waals surface area (Å²) in [7, 11) is 1.32. The van der Waals surface area contributed by atoms with Crippen molar-refractivity contribution in [2.24, 2.45) is 5.92 Å². The molecule has 0 saturated heterocycles. The van der Waals surface area contributed by atoms with Gasteiger partial charge in [-0.25, -0.2) is 4.79 Å². The van der Waals surface area contributed by atoms with Crippen LogP contribution in [-0.4, -0.2) is 42.7 Å². The first-order valence-electron chi connectivity index (χ1n) is 8.64. The van der Waals surface area contributed by atoms with E-state index in [1.54, 1.807) is 13.8 Å². The molecule has 0 radical (unpaired) electrons. The lowest BCUT2D eigenvalue weighted by molar-refractivity contribution is -0.385. The summed E-state index contributed by atoms with van der Waals surface area (Å²) in [5.41, 5.74) is -1.93. The van der Waals surface area contributed by atoms with Crippen LogP contribution in [0.3, 0.4) is 0 Å². The number of hydrogen-bond acceptors (Lipinski definition) is 8. The fourth-order valence-corrected chi connectivity index (χ4v) is 2.71. The molecule has 1 aliphatic carbocycles. The van der Waals surface area contributed by atoms with E-state index in [-0.39, 0.29) is 29.6 Å². The predicted octanol–water partition coefficient (Wildman–Crippen LogP) is 1.97. The maximum atomic E-state index is 12.3. The molecule has 1 atom stereocenters. The van der Waals surface area contributed by atoms with Crippen LogP contribution in [0.2, 0.25) is 0 Å². The van der Waals surface area contributed by atoms with Crippen molar-refractivity contribution in [3.05, 3.63) is 27.8 Å². The number of benzene rings is 1. The Morgan fingerprint density at radius 3 is 2.57 bits per heavy atom. The Balaban J connectivity index is 2.14. The Bertz CT molecular complexity index is 829. The van der Waals surface area contributed by atoms with Crippen molar-refractivity contribution >= 4 is 17.6 Å². The molecule has 1 aromatic rings. The molecule has 0 unspecified atom stereocenters. The zero-order chi connectivity index (χ0) is 20.9.